The van der Waals surface area contributed by atoms with E-state index in [1.165, 1.54) is 11.3 Å². The van der Waals surface area contributed by atoms with Crippen molar-refractivity contribution in [3.8, 4) is 0 Å². The van der Waals surface area contributed by atoms with E-state index in [9.17, 15) is 14.4 Å². The first-order valence-corrected chi connectivity index (χ1v) is 8.71. The molecule has 2 rings (SSSR count). The Bertz CT molecular complexity index is 831. The van der Waals surface area contributed by atoms with Crippen molar-refractivity contribution in [2.75, 3.05) is 13.2 Å². The van der Waals surface area contributed by atoms with Crippen LogP contribution in [0.3, 0.4) is 0 Å². The van der Waals surface area contributed by atoms with Gasteiger partial charge in [0.25, 0.3) is 0 Å². The number of ketones is 1. The fraction of sp³-hybridized carbons (Fsp3) is 0.389. The lowest BCUT2D eigenvalue weighted by atomic mass is 10.1. The Morgan fingerprint density at radius 2 is 1.76 bits per heavy atom. The van der Waals surface area contributed by atoms with Gasteiger partial charge in [-0.05, 0) is 46.2 Å². The van der Waals surface area contributed by atoms with E-state index < -0.39 is 11.9 Å². The molecule has 134 valence electrons. The minimum atomic E-state index is -0.639. The number of H-pyrrole nitrogens is 1. The number of hydrogen-bond donors (Lipinski definition) is 1. The van der Waals surface area contributed by atoms with Gasteiger partial charge in [-0.15, -0.1) is 11.3 Å². The van der Waals surface area contributed by atoms with E-state index >= 15 is 0 Å². The second kappa shape index (κ2) is 7.65. The van der Waals surface area contributed by atoms with Crippen LogP contribution in [-0.2, 0) is 9.47 Å². The van der Waals surface area contributed by atoms with E-state index in [0.717, 1.165) is 9.75 Å². The van der Waals surface area contributed by atoms with E-state index in [2.05, 4.69) is 4.98 Å². The Morgan fingerprint density at radius 3 is 2.32 bits per heavy atom. The molecule has 0 amide bonds. The zero-order chi connectivity index (χ0) is 18.7. The number of aromatic nitrogens is 1. The van der Waals surface area contributed by atoms with Crippen LogP contribution in [0.25, 0.3) is 0 Å². The minimum absolute atomic E-state index is 0.224. The highest BCUT2D eigenvalue weighted by molar-refractivity contribution is 7.12. The predicted octanol–water partition coefficient (Wildman–Crippen LogP) is 3.53. The number of esters is 2. The lowest BCUT2D eigenvalue weighted by Crippen LogP contribution is -2.15. The molecule has 2 aromatic rings. The van der Waals surface area contributed by atoms with E-state index in [1.807, 2.05) is 13.8 Å². The summed E-state index contributed by atoms with van der Waals surface area (Å²) in [5.41, 5.74) is 2.01. The average Bonchev–Trinajstić information content (AvgIpc) is 3.03. The van der Waals surface area contributed by atoms with Crippen molar-refractivity contribution < 1.29 is 23.9 Å². The summed E-state index contributed by atoms with van der Waals surface area (Å²) in [6.45, 7) is 8.69. The molecule has 0 radical (unpaired) electrons. The normalized spacial score (nSPS) is 10.6. The third kappa shape index (κ3) is 3.99. The Hall–Kier alpha value is -2.41. The van der Waals surface area contributed by atoms with Gasteiger partial charge in [0.05, 0.1) is 12.2 Å². The molecule has 0 aliphatic heterocycles. The molecule has 6 nitrogen and oxygen atoms in total. The van der Waals surface area contributed by atoms with Gasteiger partial charge in [-0.2, -0.15) is 0 Å². The average molecular weight is 363 g/mol. The molecule has 0 unspecified atom stereocenters. The number of hydrogen-bond acceptors (Lipinski definition) is 6. The van der Waals surface area contributed by atoms with Crippen LogP contribution >= 0.6 is 11.3 Å². The summed E-state index contributed by atoms with van der Waals surface area (Å²) < 4.78 is 10.1. The third-order valence-corrected chi connectivity index (χ3v) is 4.76. The van der Waals surface area contributed by atoms with Crippen LogP contribution < -0.4 is 0 Å². The van der Waals surface area contributed by atoms with Gasteiger partial charge in [0.2, 0.25) is 5.78 Å². The predicted molar refractivity (Wildman–Crippen MR) is 94.6 cm³/mol. The van der Waals surface area contributed by atoms with Gasteiger partial charge in [-0.25, -0.2) is 9.59 Å². The van der Waals surface area contributed by atoms with Crippen LogP contribution in [0.15, 0.2) is 6.07 Å². The minimum Gasteiger partial charge on any atom is -0.461 e. The molecule has 2 heterocycles. The van der Waals surface area contributed by atoms with Gasteiger partial charge in [-0.1, -0.05) is 0 Å². The summed E-state index contributed by atoms with van der Waals surface area (Å²) in [4.78, 5) is 41.3. The quantitative estimate of drug-likeness (QED) is 0.627. The standard InChI is InChI=1S/C18H21NO5S/c1-6-23-18(22)16-10(3)15(11(4)19-16)17(21)24-8-14(20)13-7-9(2)25-12(13)5/h7,19H,6,8H2,1-5H3. The SMILES string of the molecule is CCOC(=O)c1[nH]c(C)c(C(=O)OCC(=O)c2cc(C)sc2C)c1C. The van der Waals surface area contributed by atoms with Gasteiger partial charge in [-0.3, -0.25) is 4.79 Å². The zero-order valence-electron chi connectivity index (χ0n) is 14.9. The van der Waals surface area contributed by atoms with Gasteiger partial charge < -0.3 is 14.5 Å². The molecule has 7 heteroatoms. The largest absolute Gasteiger partial charge is 0.461 e. The molecule has 0 fully saturated rings. The molecule has 0 saturated heterocycles. The van der Waals surface area contributed by atoms with E-state index in [4.69, 9.17) is 9.47 Å². The number of rotatable bonds is 6. The summed E-state index contributed by atoms with van der Waals surface area (Å²) in [6.07, 6.45) is 0. The van der Waals surface area contributed by atoms with Crippen molar-refractivity contribution in [3.05, 3.63) is 43.9 Å². The number of thiophene rings is 1. The smallest absolute Gasteiger partial charge is 0.355 e. The van der Waals surface area contributed by atoms with Crippen molar-refractivity contribution >= 4 is 29.1 Å². The summed E-state index contributed by atoms with van der Waals surface area (Å²) in [5.74, 6) is -1.41. The van der Waals surface area contributed by atoms with Crippen molar-refractivity contribution in [1.82, 2.24) is 4.98 Å². The molecule has 0 atom stereocenters. The highest BCUT2D eigenvalue weighted by Crippen LogP contribution is 2.22. The summed E-state index contributed by atoms with van der Waals surface area (Å²) in [7, 11) is 0. The van der Waals surface area contributed by atoms with E-state index in [-0.39, 0.29) is 30.3 Å². The number of Topliss-reactive ketones (excluding diaryl/α,β-unsaturated/α-hetero) is 1. The first-order valence-electron chi connectivity index (χ1n) is 7.89. The molecule has 2 aromatic heterocycles. The molecular formula is C18H21NO5S. The summed E-state index contributed by atoms with van der Waals surface area (Å²) in [6, 6.07) is 1.79. The number of ether oxygens (including phenoxy) is 2. The second-order valence-corrected chi connectivity index (χ2v) is 7.13. The number of aromatic amines is 1. The fourth-order valence-corrected chi connectivity index (χ4v) is 3.59. The Labute approximate surface area is 150 Å². The molecule has 1 N–H and O–H groups in total. The van der Waals surface area contributed by atoms with Crippen LogP contribution in [0, 0.1) is 27.7 Å². The first-order chi connectivity index (χ1) is 11.8. The molecule has 0 aliphatic carbocycles. The lowest BCUT2D eigenvalue weighted by molar-refractivity contribution is 0.0473. The molecular weight excluding hydrogens is 342 g/mol. The molecule has 0 aliphatic rings. The Morgan fingerprint density at radius 1 is 1.08 bits per heavy atom. The zero-order valence-corrected chi connectivity index (χ0v) is 15.8. The Kier molecular flexibility index (Phi) is 5.79. The maximum absolute atomic E-state index is 12.4. The highest BCUT2D eigenvalue weighted by atomic mass is 32.1. The topological polar surface area (TPSA) is 85.5 Å². The van der Waals surface area contributed by atoms with Crippen LogP contribution in [0.2, 0.25) is 0 Å². The maximum atomic E-state index is 12.4. The molecule has 0 saturated carbocycles. The van der Waals surface area contributed by atoms with Crippen LogP contribution in [-0.4, -0.2) is 35.9 Å². The molecule has 0 aromatic carbocycles. The highest BCUT2D eigenvalue weighted by Gasteiger charge is 2.24. The summed E-state index contributed by atoms with van der Waals surface area (Å²) >= 11 is 1.53. The number of carbonyl (C=O) groups excluding carboxylic acids is 3. The fourth-order valence-electron chi connectivity index (χ4n) is 2.65. The van der Waals surface area contributed by atoms with Gasteiger partial charge in [0.1, 0.15) is 5.69 Å². The molecule has 0 spiro atoms. The van der Waals surface area contributed by atoms with Gasteiger partial charge in [0, 0.05) is 21.0 Å². The molecule has 0 bridgehead atoms. The maximum Gasteiger partial charge on any atom is 0.355 e. The van der Waals surface area contributed by atoms with Crippen molar-refractivity contribution in [2.24, 2.45) is 0 Å². The number of nitrogens with one attached hydrogen (secondary N) is 1. The van der Waals surface area contributed by atoms with Gasteiger partial charge in [0.15, 0.2) is 6.61 Å². The third-order valence-electron chi connectivity index (χ3n) is 3.80. The number of aryl methyl sites for hydroxylation is 3. The first kappa shape index (κ1) is 18.9. The van der Waals surface area contributed by atoms with Crippen molar-refractivity contribution in [3.63, 3.8) is 0 Å². The van der Waals surface area contributed by atoms with Crippen LogP contribution in [0.4, 0.5) is 0 Å². The number of carbonyl (C=O) groups is 3. The van der Waals surface area contributed by atoms with Crippen molar-refractivity contribution in [2.45, 2.75) is 34.6 Å². The lowest BCUT2D eigenvalue weighted by Gasteiger charge is -2.05. The van der Waals surface area contributed by atoms with E-state index in [1.54, 1.807) is 26.8 Å². The van der Waals surface area contributed by atoms with E-state index in [0.29, 0.717) is 16.8 Å². The van der Waals surface area contributed by atoms with Gasteiger partial charge >= 0.3 is 11.9 Å². The van der Waals surface area contributed by atoms with Crippen LogP contribution in [0.5, 0.6) is 0 Å². The summed E-state index contributed by atoms with van der Waals surface area (Å²) in [5, 5.41) is 0. The molecule has 25 heavy (non-hydrogen) atoms. The Balaban J connectivity index is 2.12. The monoisotopic (exact) mass is 363 g/mol. The van der Waals surface area contributed by atoms with Crippen molar-refractivity contribution in [1.29, 1.82) is 0 Å². The van der Waals surface area contributed by atoms with Crippen LogP contribution in [0.1, 0.15) is 59.1 Å². The second-order valence-electron chi connectivity index (χ2n) is 5.67.